The van der Waals surface area contributed by atoms with Gasteiger partial charge in [-0.1, -0.05) is 158 Å². The first-order valence-electron chi connectivity index (χ1n) is 16.5. The summed E-state index contributed by atoms with van der Waals surface area (Å²) < 4.78 is 1.21. The van der Waals surface area contributed by atoms with E-state index < -0.39 is 0 Å². The Morgan fingerprint density at radius 1 is 0.327 bits per heavy atom. The van der Waals surface area contributed by atoms with Crippen LogP contribution < -0.4 is 0 Å². The Morgan fingerprint density at radius 2 is 0.755 bits per heavy atom. The van der Waals surface area contributed by atoms with E-state index in [0.717, 1.165) is 38.4 Å². The van der Waals surface area contributed by atoms with Crippen molar-refractivity contribution in [3.8, 4) is 67.2 Å². The Morgan fingerprint density at radius 3 is 1.35 bits per heavy atom. The van der Waals surface area contributed by atoms with Gasteiger partial charge in [0.25, 0.3) is 0 Å². The molecule has 9 rings (SSSR count). The maximum Gasteiger partial charge on any atom is 0.161 e. The molecule has 0 saturated carbocycles. The number of thiophene rings is 1. The van der Waals surface area contributed by atoms with E-state index in [1.807, 2.05) is 0 Å². The molecule has 2 heterocycles. The summed E-state index contributed by atoms with van der Waals surface area (Å²) in [6.45, 7) is 0. The molecule has 0 fully saturated rings. The molecule has 7 aromatic carbocycles. The molecule has 0 aliphatic rings. The van der Waals surface area contributed by atoms with Crippen molar-refractivity contribution in [1.82, 2.24) is 9.97 Å². The van der Waals surface area contributed by atoms with Crippen LogP contribution in [0.15, 0.2) is 182 Å². The Bertz CT molecular complexity index is 2590. The molecule has 0 spiro atoms. The molecule has 0 N–H and O–H groups in total. The van der Waals surface area contributed by atoms with E-state index in [-0.39, 0.29) is 0 Å². The van der Waals surface area contributed by atoms with Gasteiger partial charge in [-0.2, -0.15) is 0 Å². The summed E-state index contributed by atoms with van der Waals surface area (Å²) in [5.41, 5.74) is 12.5. The van der Waals surface area contributed by atoms with Crippen molar-refractivity contribution in [2.45, 2.75) is 0 Å². The van der Waals surface area contributed by atoms with Gasteiger partial charge in [-0.25, -0.2) is 9.97 Å². The number of hydrogen-bond acceptors (Lipinski definition) is 3. The maximum absolute atomic E-state index is 5.32. The molecular formula is C46H30N2S. The van der Waals surface area contributed by atoms with Gasteiger partial charge in [0, 0.05) is 26.6 Å². The normalized spacial score (nSPS) is 11.3. The summed E-state index contributed by atoms with van der Waals surface area (Å²) in [5, 5.41) is 2.30. The van der Waals surface area contributed by atoms with Gasteiger partial charge in [0.15, 0.2) is 5.82 Å². The van der Waals surface area contributed by atoms with Crippen LogP contribution in [0, 0.1) is 0 Å². The Labute approximate surface area is 289 Å². The zero-order chi connectivity index (χ0) is 32.6. The van der Waals surface area contributed by atoms with Crippen LogP contribution in [-0.2, 0) is 0 Å². The highest BCUT2D eigenvalue weighted by Gasteiger charge is 2.17. The highest BCUT2D eigenvalue weighted by atomic mass is 32.1. The summed E-state index contributed by atoms with van der Waals surface area (Å²) in [7, 11) is 0. The molecule has 0 unspecified atom stereocenters. The van der Waals surface area contributed by atoms with Crippen LogP contribution in [-0.4, -0.2) is 9.97 Å². The van der Waals surface area contributed by atoms with Gasteiger partial charge in [-0.3, -0.25) is 0 Å². The molecular weight excluding hydrogens is 613 g/mol. The first-order valence-corrected chi connectivity index (χ1v) is 17.3. The molecule has 49 heavy (non-hydrogen) atoms. The van der Waals surface area contributed by atoms with E-state index >= 15 is 0 Å². The smallest absolute Gasteiger partial charge is 0.161 e. The number of aromatic nitrogens is 2. The number of hydrogen-bond donors (Lipinski definition) is 0. The average Bonchev–Trinajstić information content (AvgIpc) is 3.57. The van der Waals surface area contributed by atoms with Crippen LogP contribution in [0.5, 0.6) is 0 Å². The molecule has 230 valence electrons. The lowest BCUT2D eigenvalue weighted by atomic mass is 9.97. The van der Waals surface area contributed by atoms with Crippen LogP contribution in [0.4, 0.5) is 0 Å². The number of nitrogens with zero attached hydrogens (tertiary/aromatic N) is 2. The second kappa shape index (κ2) is 12.5. The van der Waals surface area contributed by atoms with E-state index in [2.05, 4.69) is 182 Å². The zero-order valence-electron chi connectivity index (χ0n) is 26.6. The molecule has 2 aromatic heterocycles. The van der Waals surface area contributed by atoms with Crippen molar-refractivity contribution in [3.63, 3.8) is 0 Å². The SMILES string of the molecule is c1ccc(-c2cccc(-c3ccc(-c4nc(-c5cccc(-c6cccc(-c7ccccc7)c6)c5)nc5sc6ccccc6c45)cc3)c2)cc1. The molecule has 0 saturated heterocycles. The topological polar surface area (TPSA) is 25.8 Å². The molecule has 3 heteroatoms. The van der Waals surface area contributed by atoms with Crippen molar-refractivity contribution >= 4 is 31.6 Å². The predicted octanol–water partition coefficient (Wildman–Crippen LogP) is 12.8. The van der Waals surface area contributed by atoms with Crippen molar-refractivity contribution in [1.29, 1.82) is 0 Å². The number of benzene rings is 7. The Kier molecular flexibility index (Phi) is 7.38. The molecule has 0 atom stereocenters. The zero-order valence-corrected chi connectivity index (χ0v) is 27.4. The fourth-order valence-electron chi connectivity index (χ4n) is 6.64. The molecule has 0 radical (unpaired) electrons. The van der Waals surface area contributed by atoms with E-state index in [9.17, 15) is 0 Å². The van der Waals surface area contributed by atoms with Gasteiger partial charge < -0.3 is 0 Å². The molecule has 0 aliphatic heterocycles. The van der Waals surface area contributed by atoms with E-state index in [0.29, 0.717) is 0 Å². The lowest BCUT2D eigenvalue weighted by molar-refractivity contribution is 1.24. The van der Waals surface area contributed by atoms with Crippen molar-refractivity contribution in [2.24, 2.45) is 0 Å². The van der Waals surface area contributed by atoms with Gasteiger partial charge in [0.05, 0.1) is 5.69 Å². The van der Waals surface area contributed by atoms with Gasteiger partial charge in [0.2, 0.25) is 0 Å². The summed E-state index contributed by atoms with van der Waals surface area (Å²) >= 11 is 1.73. The highest BCUT2D eigenvalue weighted by Crippen LogP contribution is 2.40. The van der Waals surface area contributed by atoms with Gasteiger partial charge in [-0.15, -0.1) is 11.3 Å². The molecule has 0 aliphatic carbocycles. The molecule has 0 amide bonds. The second-order valence-electron chi connectivity index (χ2n) is 12.2. The predicted molar refractivity (Wildman–Crippen MR) is 208 cm³/mol. The average molecular weight is 643 g/mol. The van der Waals surface area contributed by atoms with Crippen LogP contribution >= 0.6 is 11.3 Å². The minimum atomic E-state index is 0.731. The summed E-state index contributed by atoms with van der Waals surface area (Å²) in [4.78, 5) is 11.5. The lowest BCUT2D eigenvalue weighted by Gasteiger charge is -2.11. The van der Waals surface area contributed by atoms with Gasteiger partial charge in [-0.05, 0) is 68.8 Å². The van der Waals surface area contributed by atoms with Crippen LogP contribution in [0.1, 0.15) is 0 Å². The Hall–Kier alpha value is -6.16. The standard InChI is InChI=1S/C46H30N2S/c1-3-12-31(13-4-1)35-16-9-18-37(28-35)33-24-26-34(27-25-33)44-43-41-22-7-8-23-42(41)49-46(43)48-45(47-44)40-21-11-20-39(30-40)38-19-10-17-36(29-38)32-14-5-2-6-15-32/h1-30H. The highest BCUT2D eigenvalue weighted by molar-refractivity contribution is 7.25. The maximum atomic E-state index is 5.32. The van der Waals surface area contributed by atoms with Crippen molar-refractivity contribution in [3.05, 3.63) is 182 Å². The fourth-order valence-corrected chi connectivity index (χ4v) is 7.71. The molecule has 2 nitrogen and oxygen atoms in total. The van der Waals surface area contributed by atoms with Crippen LogP contribution in [0.3, 0.4) is 0 Å². The third-order valence-corrected chi connectivity index (χ3v) is 10.2. The van der Waals surface area contributed by atoms with Gasteiger partial charge in [0.1, 0.15) is 4.83 Å². The third kappa shape index (κ3) is 5.61. The molecule has 0 bridgehead atoms. The van der Waals surface area contributed by atoms with E-state index in [4.69, 9.17) is 9.97 Å². The third-order valence-electron chi connectivity index (χ3n) is 9.12. The molecule has 9 aromatic rings. The largest absolute Gasteiger partial charge is 0.227 e. The summed E-state index contributed by atoms with van der Waals surface area (Å²) in [6, 6.07) is 64.5. The minimum absolute atomic E-state index is 0.731. The van der Waals surface area contributed by atoms with Crippen LogP contribution in [0.2, 0.25) is 0 Å². The monoisotopic (exact) mass is 642 g/mol. The van der Waals surface area contributed by atoms with Crippen molar-refractivity contribution in [2.75, 3.05) is 0 Å². The number of fused-ring (bicyclic) bond motifs is 3. The lowest BCUT2D eigenvalue weighted by Crippen LogP contribution is -1.94. The fraction of sp³-hybridized carbons (Fsp3) is 0. The second-order valence-corrected chi connectivity index (χ2v) is 13.3. The first-order chi connectivity index (χ1) is 24.3. The summed E-state index contributed by atoms with van der Waals surface area (Å²) in [5.74, 6) is 0.731. The van der Waals surface area contributed by atoms with E-state index in [1.54, 1.807) is 11.3 Å². The van der Waals surface area contributed by atoms with Gasteiger partial charge >= 0.3 is 0 Å². The summed E-state index contributed by atoms with van der Waals surface area (Å²) in [6.07, 6.45) is 0. The minimum Gasteiger partial charge on any atom is -0.227 e. The first kappa shape index (κ1) is 29.0. The number of rotatable bonds is 6. The van der Waals surface area contributed by atoms with Crippen LogP contribution in [0.25, 0.3) is 87.5 Å². The Balaban J connectivity index is 1.13. The quantitative estimate of drug-likeness (QED) is 0.180. The van der Waals surface area contributed by atoms with E-state index in [1.165, 1.54) is 49.0 Å². The van der Waals surface area contributed by atoms with Crippen molar-refractivity contribution < 1.29 is 0 Å².